The second kappa shape index (κ2) is 8.78. The first kappa shape index (κ1) is 16.0. The molecule has 1 unspecified atom stereocenters. The van der Waals surface area contributed by atoms with Gasteiger partial charge in [-0.1, -0.05) is 56.5 Å². The van der Waals surface area contributed by atoms with E-state index in [9.17, 15) is 0 Å². The lowest BCUT2D eigenvalue weighted by atomic mass is 10.00. The van der Waals surface area contributed by atoms with Crippen LogP contribution in [0, 0.1) is 0 Å². The van der Waals surface area contributed by atoms with Gasteiger partial charge in [0.1, 0.15) is 0 Å². The highest BCUT2D eigenvalue weighted by Crippen LogP contribution is 2.26. The van der Waals surface area contributed by atoms with Crippen molar-refractivity contribution < 1.29 is 0 Å². The molecule has 0 saturated heterocycles. The highest BCUT2D eigenvalue weighted by atomic mass is 32.2. The highest BCUT2D eigenvalue weighted by Gasteiger charge is 2.10. The molecule has 21 heavy (non-hydrogen) atoms. The summed E-state index contributed by atoms with van der Waals surface area (Å²) < 4.78 is 0. The molecular formula is C19H25NS. The third-order valence-electron chi connectivity index (χ3n) is 3.73. The molecule has 0 bridgehead atoms. The average molecular weight is 299 g/mol. The van der Waals surface area contributed by atoms with Crippen molar-refractivity contribution in [3.63, 3.8) is 0 Å². The summed E-state index contributed by atoms with van der Waals surface area (Å²) in [5.74, 6) is 0. The summed E-state index contributed by atoms with van der Waals surface area (Å²) in [4.78, 5) is 1.31. The molecule has 0 amide bonds. The number of rotatable bonds is 8. The molecule has 2 heteroatoms. The standard InChI is InChI=1S/C19H25NS/c1-3-4-6-11-19(16-9-7-5-8-10-16)20-17-12-14-18(21-2)15-13-17/h5,7-10,12-15,19-20H,3-4,6,11H2,1-2H3. The van der Waals surface area contributed by atoms with Crippen molar-refractivity contribution in [3.8, 4) is 0 Å². The molecule has 0 aliphatic rings. The first-order chi connectivity index (χ1) is 10.3. The molecule has 1 nitrogen and oxygen atoms in total. The summed E-state index contributed by atoms with van der Waals surface area (Å²) in [5, 5.41) is 3.70. The fourth-order valence-corrected chi connectivity index (χ4v) is 2.90. The minimum absolute atomic E-state index is 0.401. The van der Waals surface area contributed by atoms with Crippen LogP contribution in [0.1, 0.15) is 44.2 Å². The van der Waals surface area contributed by atoms with Gasteiger partial charge in [-0.3, -0.25) is 0 Å². The minimum atomic E-state index is 0.401. The van der Waals surface area contributed by atoms with Gasteiger partial charge in [-0.05, 0) is 42.5 Å². The van der Waals surface area contributed by atoms with Crippen LogP contribution in [0.15, 0.2) is 59.5 Å². The number of anilines is 1. The van der Waals surface area contributed by atoms with Crippen LogP contribution in [-0.2, 0) is 0 Å². The molecule has 0 radical (unpaired) electrons. The Labute approximate surface area is 133 Å². The summed E-state index contributed by atoms with van der Waals surface area (Å²) in [6.07, 6.45) is 7.13. The molecule has 2 rings (SSSR count). The molecule has 0 fully saturated rings. The predicted octanol–water partition coefficient (Wildman–Crippen LogP) is 6.14. The van der Waals surface area contributed by atoms with Crippen molar-refractivity contribution in [1.82, 2.24) is 0 Å². The van der Waals surface area contributed by atoms with Crippen LogP contribution in [0.3, 0.4) is 0 Å². The molecule has 0 aliphatic heterocycles. The first-order valence-electron chi connectivity index (χ1n) is 7.79. The lowest BCUT2D eigenvalue weighted by molar-refractivity contribution is 0.606. The van der Waals surface area contributed by atoms with E-state index < -0.39 is 0 Å². The van der Waals surface area contributed by atoms with E-state index in [-0.39, 0.29) is 0 Å². The monoisotopic (exact) mass is 299 g/mol. The molecule has 0 aromatic heterocycles. The van der Waals surface area contributed by atoms with E-state index in [4.69, 9.17) is 0 Å². The molecular weight excluding hydrogens is 274 g/mol. The molecule has 112 valence electrons. The lowest BCUT2D eigenvalue weighted by Gasteiger charge is -2.20. The Bertz CT molecular complexity index is 507. The van der Waals surface area contributed by atoms with E-state index in [2.05, 4.69) is 73.1 Å². The Morgan fingerprint density at radius 2 is 1.67 bits per heavy atom. The van der Waals surface area contributed by atoms with Crippen molar-refractivity contribution in [2.45, 2.75) is 43.5 Å². The van der Waals surface area contributed by atoms with Gasteiger partial charge >= 0.3 is 0 Å². The lowest BCUT2D eigenvalue weighted by Crippen LogP contribution is -2.10. The van der Waals surface area contributed by atoms with Gasteiger partial charge in [0.25, 0.3) is 0 Å². The number of thioether (sulfide) groups is 1. The summed E-state index contributed by atoms with van der Waals surface area (Å²) in [6.45, 7) is 2.26. The minimum Gasteiger partial charge on any atom is -0.378 e. The third kappa shape index (κ3) is 5.13. The number of unbranched alkanes of at least 4 members (excludes halogenated alkanes) is 2. The van der Waals surface area contributed by atoms with Crippen molar-refractivity contribution in [2.24, 2.45) is 0 Å². The number of nitrogens with one attached hydrogen (secondary N) is 1. The van der Waals surface area contributed by atoms with Crippen LogP contribution >= 0.6 is 11.8 Å². The van der Waals surface area contributed by atoms with Gasteiger partial charge in [0, 0.05) is 10.6 Å². The third-order valence-corrected chi connectivity index (χ3v) is 4.47. The second-order valence-electron chi connectivity index (χ2n) is 5.33. The van der Waals surface area contributed by atoms with Crippen molar-refractivity contribution in [2.75, 3.05) is 11.6 Å². The van der Waals surface area contributed by atoms with Gasteiger partial charge in [-0.2, -0.15) is 0 Å². The number of benzene rings is 2. The maximum atomic E-state index is 3.70. The fourth-order valence-electron chi connectivity index (χ4n) is 2.49. The molecule has 2 aromatic carbocycles. The van der Waals surface area contributed by atoms with Crippen LogP contribution in [0.4, 0.5) is 5.69 Å². The van der Waals surface area contributed by atoms with Gasteiger partial charge in [0.2, 0.25) is 0 Å². The molecule has 0 saturated carbocycles. The maximum absolute atomic E-state index is 3.70. The van der Waals surface area contributed by atoms with Crippen LogP contribution in [0.25, 0.3) is 0 Å². The van der Waals surface area contributed by atoms with E-state index >= 15 is 0 Å². The smallest absolute Gasteiger partial charge is 0.0513 e. The Balaban J connectivity index is 2.07. The van der Waals surface area contributed by atoms with Gasteiger partial charge in [-0.15, -0.1) is 11.8 Å². The zero-order valence-electron chi connectivity index (χ0n) is 13.0. The van der Waals surface area contributed by atoms with E-state index in [1.54, 1.807) is 11.8 Å². The van der Waals surface area contributed by atoms with E-state index in [0.717, 1.165) is 0 Å². The van der Waals surface area contributed by atoms with Crippen molar-refractivity contribution in [3.05, 3.63) is 60.2 Å². The first-order valence-corrected chi connectivity index (χ1v) is 9.01. The normalized spacial score (nSPS) is 12.1. The Hall–Kier alpha value is -1.41. The number of hydrogen-bond acceptors (Lipinski definition) is 2. The van der Waals surface area contributed by atoms with E-state index in [0.29, 0.717) is 6.04 Å². The Kier molecular flexibility index (Phi) is 6.68. The van der Waals surface area contributed by atoms with E-state index in [1.165, 1.54) is 41.8 Å². The topological polar surface area (TPSA) is 12.0 Å². The van der Waals surface area contributed by atoms with Crippen molar-refractivity contribution >= 4 is 17.4 Å². The predicted molar refractivity (Wildman–Crippen MR) is 95.2 cm³/mol. The molecule has 1 N–H and O–H groups in total. The molecule has 0 aliphatic carbocycles. The average Bonchev–Trinajstić information content (AvgIpc) is 2.55. The van der Waals surface area contributed by atoms with Crippen LogP contribution < -0.4 is 5.32 Å². The van der Waals surface area contributed by atoms with Crippen molar-refractivity contribution in [1.29, 1.82) is 0 Å². The molecule has 2 aromatic rings. The second-order valence-corrected chi connectivity index (χ2v) is 6.21. The molecule has 0 heterocycles. The van der Waals surface area contributed by atoms with Crippen LogP contribution in [0.2, 0.25) is 0 Å². The summed E-state index contributed by atoms with van der Waals surface area (Å²) in [6, 6.07) is 19.9. The zero-order chi connectivity index (χ0) is 14.9. The van der Waals surface area contributed by atoms with Gasteiger partial charge in [0.05, 0.1) is 6.04 Å². The summed E-state index contributed by atoms with van der Waals surface area (Å²) in [7, 11) is 0. The van der Waals surface area contributed by atoms with Gasteiger partial charge < -0.3 is 5.32 Å². The van der Waals surface area contributed by atoms with Crippen LogP contribution in [-0.4, -0.2) is 6.26 Å². The SMILES string of the molecule is CCCCCC(Nc1ccc(SC)cc1)c1ccccc1. The maximum Gasteiger partial charge on any atom is 0.0513 e. The summed E-state index contributed by atoms with van der Waals surface area (Å²) in [5.41, 5.74) is 2.58. The van der Waals surface area contributed by atoms with Gasteiger partial charge in [-0.25, -0.2) is 0 Å². The molecule has 0 spiro atoms. The quantitative estimate of drug-likeness (QED) is 0.464. The molecule has 1 atom stereocenters. The Morgan fingerprint density at radius 3 is 2.29 bits per heavy atom. The number of hydrogen-bond donors (Lipinski definition) is 1. The fraction of sp³-hybridized carbons (Fsp3) is 0.368. The highest BCUT2D eigenvalue weighted by molar-refractivity contribution is 7.98. The Morgan fingerprint density at radius 1 is 0.952 bits per heavy atom. The van der Waals surface area contributed by atoms with Gasteiger partial charge in [0.15, 0.2) is 0 Å². The van der Waals surface area contributed by atoms with Crippen LogP contribution in [0.5, 0.6) is 0 Å². The summed E-state index contributed by atoms with van der Waals surface area (Å²) >= 11 is 1.78. The zero-order valence-corrected chi connectivity index (χ0v) is 13.8. The van der Waals surface area contributed by atoms with E-state index in [1.807, 2.05) is 0 Å². The largest absolute Gasteiger partial charge is 0.378 e.